The normalized spacial score (nSPS) is 20.4. The standard InChI is InChI=1S/C19H25N3O3/c1-11(2)17-19(25-5)21-16(18(22-17)24-4)8-12-10-20-15-7-6-13(23-3)9-14(12)15/h6-7,9-11,16-17,20H,8H2,1-5H3/t16-,17+/m1/s1. The zero-order chi connectivity index (χ0) is 18.0. The number of benzene rings is 1. The lowest BCUT2D eigenvalue weighted by atomic mass is 10.00. The smallest absolute Gasteiger partial charge is 0.209 e. The summed E-state index contributed by atoms with van der Waals surface area (Å²) >= 11 is 0. The molecule has 1 aliphatic heterocycles. The zero-order valence-electron chi connectivity index (χ0n) is 15.4. The largest absolute Gasteiger partial charge is 0.497 e. The van der Waals surface area contributed by atoms with Crippen LogP contribution in [0.3, 0.4) is 0 Å². The first-order valence-electron chi connectivity index (χ1n) is 8.44. The van der Waals surface area contributed by atoms with Crippen LogP contribution in [0.25, 0.3) is 10.9 Å². The maximum atomic E-state index is 5.54. The molecule has 1 aromatic carbocycles. The first-order valence-corrected chi connectivity index (χ1v) is 8.44. The number of hydrogen-bond donors (Lipinski definition) is 1. The van der Waals surface area contributed by atoms with Crippen molar-refractivity contribution in [3.8, 4) is 5.75 Å². The van der Waals surface area contributed by atoms with Gasteiger partial charge in [-0.15, -0.1) is 0 Å². The second-order valence-corrected chi connectivity index (χ2v) is 6.48. The Morgan fingerprint density at radius 3 is 2.44 bits per heavy atom. The van der Waals surface area contributed by atoms with Gasteiger partial charge in [0.1, 0.15) is 17.8 Å². The molecule has 0 saturated carbocycles. The summed E-state index contributed by atoms with van der Waals surface area (Å²) in [4.78, 5) is 12.8. The van der Waals surface area contributed by atoms with Crippen LogP contribution < -0.4 is 4.74 Å². The van der Waals surface area contributed by atoms with Gasteiger partial charge in [-0.05, 0) is 29.7 Å². The number of nitrogens with one attached hydrogen (secondary N) is 1. The average Bonchev–Trinajstić information content (AvgIpc) is 3.03. The summed E-state index contributed by atoms with van der Waals surface area (Å²) < 4.78 is 16.4. The molecule has 6 nitrogen and oxygen atoms in total. The van der Waals surface area contributed by atoms with Gasteiger partial charge in [-0.1, -0.05) is 13.8 Å². The van der Waals surface area contributed by atoms with Gasteiger partial charge < -0.3 is 19.2 Å². The van der Waals surface area contributed by atoms with Crippen molar-refractivity contribution < 1.29 is 14.2 Å². The Kier molecular flexibility index (Phi) is 4.97. The van der Waals surface area contributed by atoms with Gasteiger partial charge in [0.05, 0.1) is 21.3 Å². The molecule has 0 fully saturated rings. The van der Waals surface area contributed by atoms with Crippen LogP contribution in [-0.2, 0) is 15.9 Å². The SMILES string of the molecule is COC1=N[C@H](Cc2c[nH]c3ccc(OC)cc23)C(OC)=N[C@H]1C(C)C. The number of nitrogens with zero attached hydrogens (tertiary/aromatic N) is 2. The highest BCUT2D eigenvalue weighted by Crippen LogP contribution is 2.26. The van der Waals surface area contributed by atoms with Crippen molar-refractivity contribution in [1.82, 2.24) is 4.98 Å². The van der Waals surface area contributed by atoms with Crippen LogP contribution in [-0.4, -0.2) is 50.2 Å². The average molecular weight is 343 g/mol. The molecule has 2 atom stereocenters. The van der Waals surface area contributed by atoms with E-state index in [2.05, 4.69) is 18.8 Å². The minimum absolute atomic E-state index is 0.0979. The minimum atomic E-state index is -0.194. The fourth-order valence-electron chi connectivity index (χ4n) is 3.15. The van der Waals surface area contributed by atoms with Crippen molar-refractivity contribution in [1.29, 1.82) is 0 Å². The second kappa shape index (κ2) is 7.17. The predicted octanol–water partition coefficient (Wildman–Crippen LogP) is 3.22. The molecule has 25 heavy (non-hydrogen) atoms. The number of aliphatic imine (C=N–C) groups is 2. The monoisotopic (exact) mass is 343 g/mol. The number of hydrogen-bond acceptors (Lipinski definition) is 5. The molecule has 0 amide bonds. The highest BCUT2D eigenvalue weighted by atomic mass is 16.5. The predicted molar refractivity (Wildman–Crippen MR) is 99.9 cm³/mol. The topological polar surface area (TPSA) is 68.2 Å². The van der Waals surface area contributed by atoms with Crippen LogP contribution in [0.5, 0.6) is 5.75 Å². The highest BCUT2D eigenvalue weighted by Gasteiger charge is 2.31. The van der Waals surface area contributed by atoms with Crippen molar-refractivity contribution in [3.63, 3.8) is 0 Å². The van der Waals surface area contributed by atoms with Crippen molar-refractivity contribution >= 4 is 22.7 Å². The number of rotatable bonds is 4. The van der Waals surface area contributed by atoms with Gasteiger partial charge in [-0.25, -0.2) is 9.98 Å². The van der Waals surface area contributed by atoms with E-state index in [1.54, 1.807) is 21.3 Å². The fourth-order valence-corrected chi connectivity index (χ4v) is 3.15. The van der Waals surface area contributed by atoms with E-state index in [-0.39, 0.29) is 12.1 Å². The van der Waals surface area contributed by atoms with E-state index in [1.165, 1.54) is 0 Å². The molecular weight excluding hydrogens is 318 g/mol. The molecule has 0 bridgehead atoms. The summed E-state index contributed by atoms with van der Waals surface area (Å²) in [5, 5.41) is 1.12. The van der Waals surface area contributed by atoms with E-state index in [0.29, 0.717) is 24.1 Å². The van der Waals surface area contributed by atoms with Crippen molar-refractivity contribution in [3.05, 3.63) is 30.0 Å². The van der Waals surface area contributed by atoms with Gasteiger partial charge in [0.25, 0.3) is 0 Å². The summed E-state index contributed by atoms with van der Waals surface area (Å²) in [7, 11) is 4.97. The van der Waals surface area contributed by atoms with Gasteiger partial charge in [0.2, 0.25) is 11.8 Å². The van der Waals surface area contributed by atoms with Gasteiger partial charge >= 0.3 is 0 Å². The summed E-state index contributed by atoms with van der Waals surface area (Å²) in [6.07, 6.45) is 2.69. The number of H-pyrrole nitrogens is 1. The Morgan fingerprint density at radius 2 is 1.80 bits per heavy atom. The van der Waals surface area contributed by atoms with Crippen LogP contribution in [0.2, 0.25) is 0 Å². The molecular formula is C19H25N3O3. The lowest BCUT2D eigenvalue weighted by Crippen LogP contribution is -2.38. The Morgan fingerprint density at radius 1 is 1.04 bits per heavy atom. The maximum Gasteiger partial charge on any atom is 0.209 e. The third-order valence-corrected chi connectivity index (χ3v) is 4.53. The molecule has 1 aromatic heterocycles. The van der Waals surface area contributed by atoms with E-state index in [1.807, 2.05) is 24.4 Å². The summed E-state index contributed by atoms with van der Waals surface area (Å²) in [5.41, 5.74) is 2.21. The first kappa shape index (κ1) is 17.3. The van der Waals surface area contributed by atoms with E-state index in [4.69, 9.17) is 24.2 Å². The second-order valence-electron chi connectivity index (χ2n) is 6.48. The van der Waals surface area contributed by atoms with Crippen LogP contribution in [0.1, 0.15) is 19.4 Å². The molecule has 2 aromatic rings. The Hall–Kier alpha value is -2.50. The third-order valence-electron chi connectivity index (χ3n) is 4.53. The molecule has 134 valence electrons. The zero-order valence-corrected chi connectivity index (χ0v) is 15.4. The fraction of sp³-hybridized carbons (Fsp3) is 0.474. The summed E-state index contributed by atoms with van der Waals surface area (Å²) in [5.74, 6) is 2.44. The molecule has 2 heterocycles. The van der Waals surface area contributed by atoms with Crippen LogP contribution >= 0.6 is 0 Å². The van der Waals surface area contributed by atoms with Crippen LogP contribution in [0.15, 0.2) is 34.4 Å². The molecule has 6 heteroatoms. The molecule has 0 spiro atoms. The number of ether oxygens (including phenoxy) is 3. The quantitative estimate of drug-likeness (QED) is 0.927. The molecule has 0 aliphatic carbocycles. The van der Waals surface area contributed by atoms with Crippen molar-refractivity contribution in [2.75, 3.05) is 21.3 Å². The van der Waals surface area contributed by atoms with E-state index >= 15 is 0 Å². The minimum Gasteiger partial charge on any atom is -0.497 e. The molecule has 1 N–H and O–H groups in total. The number of aromatic nitrogens is 1. The Labute approximate surface area is 147 Å². The van der Waals surface area contributed by atoms with E-state index in [0.717, 1.165) is 22.2 Å². The van der Waals surface area contributed by atoms with Gasteiger partial charge in [0, 0.05) is 23.5 Å². The summed E-state index contributed by atoms with van der Waals surface area (Å²) in [6, 6.07) is 5.70. The maximum absolute atomic E-state index is 5.54. The molecule has 1 aliphatic rings. The molecule has 0 unspecified atom stereocenters. The number of aromatic amines is 1. The Balaban J connectivity index is 1.94. The molecule has 0 radical (unpaired) electrons. The van der Waals surface area contributed by atoms with Gasteiger partial charge in [-0.3, -0.25) is 0 Å². The lowest BCUT2D eigenvalue weighted by molar-refractivity contribution is 0.333. The van der Waals surface area contributed by atoms with Gasteiger partial charge in [0.15, 0.2) is 0 Å². The van der Waals surface area contributed by atoms with Crippen LogP contribution in [0, 0.1) is 5.92 Å². The lowest BCUT2D eigenvalue weighted by Gasteiger charge is -2.27. The van der Waals surface area contributed by atoms with E-state index in [9.17, 15) is 0 Å². The molecule has 0 saturated heterocycles. The van der Waals surface area contributed by atoms with Crippen molar-refractivity contribution in [2.24, 2.45) is 15.9 Å². The first-order chi connectivity index (χ1) is 12.1. The van der Waals surface area contributed by atoms with Crippen molar-refractivity contribution in [2.45, 2.75) is 32.4 Å². The van der Waals surface area contributed by atoms with E-state index < -0.39 is 0 Å². The molecule has 3 rings (SSSR count). The van der Waals surface area contributed by atoms with Crippen LogP contribution in [0.4, 0.5) is 0 Å². The number of methoxy groups -OCH3 is 3. The Bertz CT molecular complexity index is 807. The summed E-state index contributed by atoms with van der Waals surface area (Å²) in [6.45, 7) is 4.20. The van der Waals surface area contributed by atoms with Gasteiger partial charge in [-0.2, -0.15) is 0 Å². The number of fused-ring (bicyclic) bond motifs is 1. The third kappa shape index (κ3) is 3.34. The highest BCUT2D eigenvalue weighted by molar-refractivity contribution is 5.95.